The minimum Gasteiger partial charge on any atom is -0.350 e. The van der Waals surface area contributed by atoms with E-state index in [-0.39, 0.29) is 11.9 Å². The average Bonchev–Trinajstić information content (AvgIpc) is 3.28. The van der Waals surface area contributed by atoms with Gasteiger partial charge in [-0.1, -0.05) is 90.1 Å². The van der Waals surface area contributed by atoms with E-state index in [2.05, 4.69) is 51.9 Å². The van der Waals surface area contributed by atoms with Gasteiger partial charge in [0.25, 0.3) is 0 Å². The number of carbonyl (C=O) groups excluding carboxylic acids is 1. The molecule has 3 aromatic carbocycles. The van der Waals surface area contributed by atoms with Crippen molar-refractivity contribution in [3.63, 3.8) is 0 Å². The molecule has 0 bridgehead atoms. The molecule has 0 aliphatic carbocycles. The molecule has 1 aromatic heterocycles. The first-order valence-corrected chi connectivity index (χ1v) is 10.0. The molecule has 1 N–H and O–H groups in total. The number of benzene rings is 3. The Morgan fingerprint density at radius 2 is 1.47 bits per heavy atom. The number of aromatic nitrogens is 2. The van der Waals surface area contributed by atoms with Crippen LogP contribution < -0.4 is 5.32 Å². The van der Waals surface area contributed by atoms with E-state index in [9.17, 15) is 4.79 Å². The van der Waals surface area contributed by atoms with Gasteiger partial charge in [0.2, 0.25) is 17.6 Å². The lowest BCUT2D eigenvalue weighted by Gasteiger charge is -2.14. The Bertz CT molecular complexity index is 1090. The van der Waals surface area contributed by atoms with E-state index in [0.717, 1.165) is 16.7 Å². The third-order valence-corrected chi connectivity index (χ3v) is 4.96. The maximum absolute atomic E-state index is 12.4. The van der Waals surface area contributed by atoms with Gasteiger partial charge in [0.15, 0.2) is 0 Å². The Labute approximate surface area is 175 Å². The number of nitrogens with one attached hydrogen (secondary N) is 1. The molecule has 1 atom stereocenters. The van der Waals surface area contributed by atoms with Crippen LogP contribution in [0, 0.1) is 0 Å². The standard InChI is InChI=1S/C25H23N3O2/c1-18(19-12-14-21(15-13-19)20-8-4-2-5-9-20)26-23(29)16-17-24-27-25(28-30-24)22-10-6-3-7-11-22/h2-15,18H,16-17H2,1H3,(H,26,29)/t18-/m0/s1. The van der Waals surface area contributed by atoms with Crippen LogP contribution in [-0.4, -0.2) is 16.0 Å². The van der Waals surface area contributed by atoms with Gasteiger partial charge < -0.3 is 9.84 Å². The van der Waals surface area contributed by atoms with Crippen LogP contribution >= 0.6 is 0 Å². The molecule has 5 nitrogen and oxygen atoms in total. The number of rotatable bonds is 7. The summed E-state index contributed by atoms with van der Waals surface area (Å²) in [5.74, 6) is 0.954. The van der Waals surface area contributed by atoms with Crippen molar-refractivity contribution in [2.45, 2.75) is 25.8 Å². The first kappa shape index (κ1) is 19.6. The third kappa shape index (κ3) is 4.81. The smallest absolute Gasteiger partial charge is 0.227 e. The van der Waals surface area contributed by atoms with E-state index in [4.69, 9.17) is 4.52 Å². The molecule has 4 rings (SSSR count). The van der Waals surface area contributed by atoms with Crippen LogP contribution in [0.4, 0.5) is 0 Å². The molecule has 4 aromatic rings. The maximum atomic E-state index is 12.4. The van der Waals surface area contributed by atoms with E-state index in [1.165, 1.54) is 5.56 Å². The molecule has 0 saturated carbocycles. The van der Waals surface area contributed by atoms with Gasteiger partial charge in [-0.25, -0.2) is 0 Å². The zero-order valence-corrected chi connectivity index (χ0v) is 16.8. The molecule has 0 radical (unpaired) electrons. The summed E-state index contributed by atoms with van der Waals surface area (Å²) < 4.78 is 5.27. The second-order valence-electron chi connectivity index (χ2n) is 7.15. The van der Waals surface area contributed by atoms with Gasteiger partial charge in [0.1, 0.15) is 0 Å². The normalized spacial score (nSPS) is 11.8. The molecular formula is C25H23N3O2. The van der Waals surface area contributed by atoms with Crippen LogP contribution in [0.3, 0.4) is 0 Å². The maximum Gasteiger partial charge on any atom is 0.227 e. The Hall–Kier alpha value is -3.73. The molecule has 1 heterocycles. The second-order valence-corrected chi connectivity index (χ2v) is 7.15. The van der Waals surface area contributed by atoms with Gasteiger partial charge in [-0.2, -0.15) is 4.98 Å². The highest BCUT2D eigenvalue weighted by Crippen LogP contribution is 2.22. The molecular weight excluding hydrogens is 374 g/mol. The Morgan fingerprint density at radius 1 is 0.867 bits per heavy atom. The molecule has 0 aliphatic heterocycles. The number of hydrogen-bond acceptors (Lipinski definition) is 4. The predicted octanol–water partition coefficient (Wildman–Crippen LogP) is 5.21. The predicted molar refractivity (Wildman–Crippen MR) is 116 cm³/mol. The average molecular weight is 397 g/mol. The van der Waals surface area contributed by atoms with Gasteiger partial charge in [-0.15, -0.1) is 0 Å². The van der Waals surface area contributed by atoms with Crippen LogP contribution in [-0.2, 0) is 11.2 Å². The number of amides is 1. The Balaban J connectivity index is 1.30. The molecule has 0 unspecified atom stereocenters. The lowest BCUT2D eigenvalue weighted by Crippen LogP contribution is -2.26. The third-order valence-electron chi connectivity index (χ3n) is 4.96. The fraction of sp³-hybridized carbons (Fsp3) is 0.160. The topological polar surface area (TPSA) is 68.0 Å². The number of hydrogen-bond donors (Lipinski definition) is 1. The van der Waals surface area contributed by atoms with Gasteiger partial charge in [0.05, 0.1) is 6.04 Å². The fourth-order valence-electron chi connectivity index (χ4n) is 3.27. The molecule has 0 saturated heterocycles. The summed E-state index contributed by atoms with van der Waals surface area (Å²) >= 11 is 0. The molecule has 30 heavy (non-hydrogen) atoms. The highest BCUT2D eigenvalue weighted by Gasteiger charge is 2.13. The van der Waals surface area contributed by atoms with E-state index in [0.29, 0.717) is 24.6 Å². The minimum atomic E-state index is -0.0788. The van der Waals surface area contributed by atoms with E-state index >= 15 is 0 Å². The summed E-state index contributed by atoms with van der Waals surface area (Å²) in [5.41, 5.74) is 4.29. The number of nitrogens with zero attached hydrogens (tertiary/aromatic N) is 2. The van der Waals surface area contributed by atoms with Gasteiger partial charge >= 0.3 is 0 Å². The lowest BCUT2D eigenvalue weighted by atomic mass is 10.0. The van der Waals surface area contributed by atoms with Crippen LogP contribution in [0.15, 0.2) is 89.5 Å². The Morgan fingerprint density at radius 3 is 2.13 bits per heavy atom. The van der Waals surface area contributed by atoms with Crippen molar-refractivity contribution in [2.24, 2.45) is 0 Å². The van der Waals surface area contributed by atoms with Crippen molar-refractivity contribution in [1.82, 2.24) is 15.5 Å². The van der Waals surface area contributed by atoms with Crippen molar-refractivity contribution in [3.8, 4) is 22.5 Å². The summed E-state index contributed by atoms with van der Waals surface area (Å²) in [6.07, 6.45) is 0.703. The molecule has 1 amide bonds. The summed E-state index contributed by atoms with van der Waals surface area (Å²) in [6, 6.07) is 28.0. The first-order chi connectivity index (χ1) is 14.7. The first-order valence-electron chi connectivity index (χ1n) is 10.0. The largest absolute Gasteiger partial charge is 0.350 e. The summed E-state index contributed by atoms with van der Waals surface area (Å²) in [6.45, 7) is 1.98. The van der Waals surface area contributed by atoms with Gasteiger partial charge in [-0.05, 0) is 23.6 Å². The van der Waals surface area contributed by atoms with Crippen molar-refractivity contribution in [3.05, 3.63) is 96.4 Å². The number of aryl methyl sites for hydroxylation is 1. The van der Waals surface area contributed by atoms with E-state index in [1.807, 2.05) is 55.5 Å². The highest BCUT2D eigenvalue weighted by atomic mass is 16.5. The van der Waals surface area contributed by atoms with Crippen LogP contribution in [0.2, 0.25) is 0 Å². The summed E-state index contributed by atoms with van der Waals surface area (Å²) in [4.78, 5) is 16.7. The van der Waals surface area contributed by atoms with Crippen LogP contribution in [0.1, 0.15) is 30.8 Å². The van der Waals surface area contributed by atoms with Crippen molar-refractivity contribution in [2.75, 3.05) is 0 Å². The molecule has 0 spiro atoms. The zero-order valence-electron chi connectivity index (χ0n) is 16.8. The molecule has 0 aliphatic rings. The quantitative estimate of drug-likeness (QED) is 0.465. The SMILES string of the molecule is C[C@H](NC(=O)CCc1nc(-c2ccccc2)no1)c1ccc(-c2ccccc2)cc1. The van der Waals surface area contributed by atoms with Crippen molar-refractivity contribution in [1.29, 1.82) is 0 Å². The van der Waals surface area contributed by atoms with E-state index < -0.39 is 0 Å². The monoisotopic (exact) mass is 397 g/mol. The zero-order chi connectivity index (χ0) is 20.8. The molecule has 0 fully saturated rings. The van der Waals surface area contributed by atoms with Gasteiger partial charge in [-0.3, -0.25) is 4.79 Å². The summed E-state index contributed by atoms with van der Waals surface area (Å²) in [5, 5.41) is 7.02. The van der Waals surface area contributed by atoms with Crippen LogP contribution in [0.25, 0.3) is 22.5 Å². The molecule has 5 heteroatoms. The number of carbonyl (C=O) groups is 1. The Kier molecular flexibility index (Phi) is 5.99. The minimum absolute atomic E-state index is 0.0471. The van der Waals surface area contributed by atoms with Crippen molar-refractivity contribution < 1.29 is 9.32 Å². The molecule has 150 valence electrons. The lowest BCUT2D eigenvalue weighted by molar-refractivity contribution is -0.121. The van der Waals surface area contributed by atoms with Gasteiger partial charge in [0, 0.05) is 18.4 Å². The second kappa shape index (κ2) is 9.18. The van der Waals surface area contributed by atoms with Crippen molar-refractivity contribution >= 4 is 5.91 Å². The fourth-order valence-corrected chi connectivity index (χ4v) is 3.27. The van der Waals surface area contributed by atoms with E-state index in [1.54, 1.807) is 0 Å². The highest BCUT2D eigenvalue weighted by molar-refractivity contribution is 5.76. The summed E-state index contributed by atoms with van der Waals surface area (Å²) in [7, 11) is 0. The van der Waals surface area contributed by atoms with Crippen LogP contribution in [0.5, 0.6) is 0 Å².